The van der Waals surface area contributed by atoms with Crippen LogP contribution >= 0.6 is 0 Å². The van der Waals surface area contributed by atoms with Gasteiger partial charge in [0.25, 0.3) is 12.4 Å². The number of amides is 1. The molecule has 0 aromatic carbocycles. The third-order valence-corrected chi connectivity index (χ3v) is 4.55. The van der Waals surface area contributed by atoms with Gasteiger partial charge >= 0.3 is 0 Å². The molecule has 3 aromatic rings. The van der Waals surface area contributed by atoms with Gasteiger partial charge in [0.15, 0.2) is 23.2 Å². The van der Waals surface area contributed by atoms with Crippen molar-refractivity contribution >= 4 is 22.9 Å². The maximum Gasteiger partial charge on any atom is 0.256 e. The Morgan fingerprint density at radius 1 is 1.43 bits per heavy atom. The lowest BCUT2D eigenvalue weighted by Gasteiger charge is -2.17. The van der Waals surface area contributed by atoms with Crippen LogP contribution in [0.25, 0.3) is 17.1 Å². The predicted molar refractivity (Wildman–Crippen MR) is 98.1 cm³/mol. The van der Waals surface area contributed by atoms with Crippen LogP contribution < -0.4 is 10.6 Å². The van der Waals surface area contributed by atoms with Crippen LogP contribution in [0.2, 0.25) is 0 Å². The molecule has 30 heavy (non-hydrogen) atoms. The first-order chi connectivity index (χ1) is 14.4. The van der Waals surface area contributed by atoms with Crippen LogP contribution in [0, 0.1) is 6.92 Å². The van der Waals surface area contributed by atoms with E-state index in [4.69, 9.17) is 4.74 Å². The molecule has 1 aliphatic heterocycles. The first-order valence-electron chi connectivity index (χ1n) is 9.08. The van der Waals surface area contributed by atoms with Crippen LogP contribution in [0.1, 0.15) is 18.3 Å². The number of nitrogens with zero attached hydrogens (tertiary/aromatic N) is 7. The molecule has 14 heteroatoms. The average Bonchev–Trinajstić information content (AvgIpc) is 3.43. The summed E-state index contributed by atoms with van der Waals surface area (Å²) in [6, 6.07) is 0. The first kappa shape index (κ1) is 20.0. The molecule has 1 amide bonds. The van der Waals surface area contributed by atoms with E-state index < -0.39 is 31.4 Å². The number of halogens is 2. The molecule has 1 fully saturated rings. The SMILES string of the molecule is CNC(=O)C1C[C@@H](O)[C@H](n2cnc3c(NCC(F)F)nc(-n4cc(C)nn4)nc32)O1. The number of hydrogen-bond donors (Lipinski definition) is 3. The number of fused-ring (bicyclic) bond motifs is 1. The average molecular weight is 423 g/mol. The minimum atomic E-state index is -2.61. The lowest BCUT2D eigenvalue weighted by atomic mass is 10.2. The van der Waals surface area contributed by atoms with Crippen molar-refractivity contribution in [3.05, 3.63) is 18.2 Å². The highest BCUT2D eigenvalue weighted by Crippen LogP contribution is 2.32. The van der Waals surface area contributed by atoms with Crippen LogP contribution in [-0.2, 0) is 9.53 Å². The summed E-state index contributed by atoms with van der Waals surface area (Å²) in [5.74, 6) is -0.233. The minimum Gasteiger partial charge on any atom is -0.388 e. The van der Waals surface area contributed by atoms with Gasteiger partial charge in [-0.2, -0.15) is 14.6 Å². The van der Waals surface area contributed by atoms with Gasteiger partial charge in [0.05, 0.1) is 24.8 Å². The van der Waals surface area contributed by atoms with Gasteiger partial charge in [0, 0.05) is 13.5 Å². The summed E-state index contributed by atoms with van der Waals surface area (Å²) in [6.45, 7) is 1.08. The molecule has 12 nitrogen and oxygen atoms in total. The fraction of sp³-hybridized carbons (Fsp3) is 0.500. The Morgan fingerprint density at radius 3 is 2.90 bits per heavy atom. The number of nitrogens with one attached hydrogen (secondary N) is 2. The molecular weight excluding hydrogens is 404 g/mol. The zero-order chi connectivity index (χ0) is 21.4. The topological polar surface area (TPSA) is 145 Å². The zero-order valence-corrected chi connectivity index (χ0v) is 16.0. The Hall–Kier alpha value is -3.26. The van der Waals surface area contributed by atoms with Gasteiger partial charge in [-0.05, 0) is 6.92 Å². The predicted octanol–water partition coefficient (Wildman–Crippen LogP) is -0.213. The van der Waals surface area contributed by atoms with Crippen molar-refractivity contribution in [3.63, 3.8) is 0 Å². The van der Waals surface area contributed by atoms with Gasteiger partial charge in [-0.1, -0.05) is 5.21 Å². The number of hydrogen-bond acceptors (Lipinski definition) is 9. The van der Waals surface area contributed by atoms with E-state index in [9.17, 15) is 18.7 Å². The Balaban J connectivity index is 1.78. The molecule has 160 valence electrons. The third-order valence-electron chi connectivity index (χ3n) is 4.55. The van der Waals surface area contributed by atoms with Crippen LogP contribution in [0.3, 0.4) is 0 Å². The van der Waals surface area contributed by atoms with Gasteiger partial charge in [-0.25, -0.2) is 13.8 Å². The van der Waals surface area contributed by atoms with Crippen molar-refractivity contribution in [1.29, 1.82) is 0 Å². The van der Waals surface area contributed by atoms with E-state index in [2.05, 4.69) is 35.9 Å². The second-order valence-electron chi connectivity index (χ2n) is 6.71. The fourth-order valence-electron chi connectivity index (χ4n) is 3.17. The first-order valence-corrected chi connectivity index (χ1v) is 9.08. The Kier molecular flexibility index (Phi) is 5.26. The summed E-state index contributed by atoms with van der Waals surface area (Å²) < 4.78 is 33.9. The Morgan fingerprint density at radius 2 is 2.23 bits per heavy atom. The molecule has 3 aromatic heterocycles. The number of aliphatic hydroxyl groups is 1. The van der Waals surface area contributed by atoms with Crippen molar-refractivity contribution in [2.45, 2.75) is 38.2 Å². The molecule has 3 atom stereocenters. The van der Waals surface area contributed by atoms with E-state index in [1.54, 1.807) is 13.1 Å². The van der Waals surface area contributed by atoms with Crippen molar-refractivity contribution in [1.82, 2.24) is 39.8 Å². The fourth-order valence-corrected chi connectivity index (χ4v) is 3.17. The molecule has 4 rings (SSSR count). The molecule has 1 aliphatic rings. The number of aryl methyl sites for hydroxylation is 1. The Bertz CT molecular complexity index is 1070. The van der Waals surface area contributed by atoms with Gasteiger partial charge in [0.1, 0.15) is 12.2 Å². The van der Waals surface area contributed by atoms with E-state index >= 15 is 0 Å². The normalized spacial score (nSPS) is 21.5. The molecule has 0 aliphatic carbocycles. The van der Waals surface area contributed by atoms with Crippen LogP contribution in [0.15, 0.2) is 12.5 Å². The molecule has 1 saturated heterocycles. The maximum absolute atomic E-state index is 12.8. The summed E-state index contributed by atoms with van der Waals surface area (Å²) in [5.41, 5.74) is 1.03. The number of anilines is 1. The summed E-state index contributed by atoms with van der Waals surface area (Å²) in [7, 11) is 1.47. The molecule has 0 saturated carbocycles. The molecular formula is C16H19F2N9O3. The van der Waals surface area contributed by atoms with Crippen LogP contribution in [-0.4, -0.2) is 77.8 Å². The van der Waals surface area contributed by atoms with E-state index in [0.29, 0.717) is 5.69 Å². The van der Waals surface area contributed by atoms with Gasteiger partial charge < -0.3 is 20.5 Å². The van der Waals surface area contributed by atoms with Crippen LogP contribution in [0.5, 0.6) is 0 Å². The summed E-state index contributed by atoms with van der Waals surface area (Å²) >= 11 is 0. The summed E-state index contributed by atoms with van der Waals surface area (Å²) in [4.78, 5) is 24.7. The Labute approximate surface area is 168 Å². The second-order valence-corrected chi connectivity index (χ2v) is 6.71. The molecule has 0 radical (unpaired) electrons. The van der Waals surface area contributed by atoms with E-state index in [1.807, 2.05) is 0 Å². The molecule has 3 N–H and O–H groups in total. The number of ether oxygens (including phenoxy) is 1. The third kappa shape index (κ3) is 3.66. The number of imidazole rings is 1. The highest BCUT2D eigenvalue weighted by atomic mass is 19.3. The lowest BCUT2D eigenvalue weighted by Crippen LogP contribution is -2.31. The van der Waals surface area contributed by atoms with Gasteiger partial charge in [-0.3, -0.25) is 9.36 Å². The largest absolute Gasteiger partial charge is 0.388 e. The van der Waals surface area contributed by atoms with E-state index in [0.717, 1.165) is 0 Å². The summed E-state index contributed by atoms with van der Waals surface area (Å²) in [6.07, 6.45) is -2.40. The number of alkyl halides is 2. The number of rotatable bonds is 6. The van der Waals surface area contributed by atoms with Crippen LogP contribution in [0.4, 0.5) is 14.6 Å². The van der Waals surface area contributed by atoms with Gasteiger partial charge in [0.2, 0.25) is 5.91 Å². The monoisotopic (exact) mass is 423 g/mol. The van der Waals surface area contributed by atoms with Crippen molar-refractivity contribution in [2.24, 2.45) is 0 Å². The lowest BCUT2D eigenvalue weighted by molar-refractivity contribution is -0.134. The number of aromatic nitrogens is 7. The van der Waals surface area contributed by atoms with Crippen molar-refractivity contribution < 1.29 is 23.4 Å². The highest BCUT2D eigenvalue weighted by Gasteiger charge is 2.39. The maximum atomic E-state index is 12.8. The molecule has 0 bridgehead atoms. The van der Waals surface area contributed by atoms with Crippen molar-refractivity contribution in [2.75, 3.05) is 18.9 Å². The number of likely N-dealkylation sites (N-methyl/N-ethyl adjacent to an activating group) is 1. The second kappa shape index (κ2) is 7.87. The van der Waals surface area contributed by atoms with Gasteiger partial charge in [-0.15, -0.1) is 5.10 Å². The molecule has 4 heterocycles. The number of aliphatic hydroxyl groups excluding tert-OH is 1. The van der Waals surface area contributed by atoms with Crippen molar-refractivity contribution in [3.8, 4) is 5.95 Å². The quantitative estimate of drug-likeness (QED) is 0.490. The number of carbonyl (C=O) groups excluding carboxylic acids is 1. The number of carbonyl (C=O) groups is 1. The smallest absolute Gasteiger partial charge is 0.256 e. The molecule has 1 unspecified atom stereocenters. The van der Waals surface area contributed by atoms with E-state index in [1.165, 1.54) is 22.6 Å². The minimum absolute atomic E-state index is 0.0666. The zero-order valence-electron chi connectivity index (χ0n) is 16.0. The highest BCUT2D eigenvalue weighted by molar-refractivity contribution is 5.84. The standard InChI is InChI=1S/C16H19F2N9O3/c1-7-5-27(25-24-7)16-22-12(20-4-10(17)18)11-13(23-16)26(6-21-11)15-8(28)3-9(30-15)14(29)19-2/h5-6,8-10,15,28H,3-4H2,1-2H3,(H,19,29)(H,20,22,23)/t8-,9?,15-/m1/s1. The molecule has 0 spiro atoms. The summed E-state index contributed by atoms with van der Waals surface area (Å²) in [5, 5.41) is 23.2. The van der Waals surface area contributed by atoms with E-state index in [-0.39, 0.29) is 35.3 Å².